The molecule has 0 bridgehead atoms. The van der Waals surface area contributed by atoms with E-state index in [0.29, 0.717) is 19.6 Å². The van der Waals surface area contributed by atoms with Crippen molar-refractivity contribution in [3.05, 3.63) is 29.3 Å². The van der Waals surface area contributed by atoms with Crippen LogP contribution in [0.1, 0.15) is 6.42 Å². The SMILES string of the molecule is CN=C(NCCN1CCCS1(=O)=O)N1CCN(c2cccc(Cl)c2)CC1. The summed E-state index contributed by atoms with van der Waals surface area (Å²) in [6.45, 7) is 5.18. The Morgan fingerprint density at radius 3 is 2.62 bits per heavy atom. The molecule has 2 aliphatic heterocycles. The Morgan fingerprint density at radius 2 is 2.00 bits per heavy atom. The predicted molar refractivity (Wildman–Crippen MR) is 107 cm³/mol. The van der Waals surface area contributed by atoms with Gasteiger partial charge in [-0.05, 0) is 24.6 Å². The van der Waals surface area contributed by atoms with Gasteiger partial charge in [-0.3, -0.25) is 4.99 Å². The maximum absolute atomic E-state index is 11.8. The van der Waals surface area contributed by atoms with Crippen LogP contribution in [0.5, 0.6) is 0 Å². The lowest BCUT2D eigenvalue weighted by molar-refractivity contribution is 0.369. The third kappa shape index (κ3) is 4.61. The molecule has 0 unspecified atom stereocenters. The Kier molecular flexibility index (Phi) is 6.26. The molecule has 1 aromatic carbocycles. The molecule has 0 atom stereocenters. The molecular formula is C17H26ClN5O2S. The first-order chi connectivity index (χ1) is 12.5. The van der Waals surface area contributed by atoms with Gasteiger partial charge in [0.1, 0.15) is 0 Å². The van der Waals surface area contributed by atoms with E-state index in [0.717, 1.165) is 49.3 Å². The molecule has 1 N–H and O–H groups in total. The summed E-state index contributed by atoms with van der Waals surface area (Å²) < 4.78 is 25.3. The Labute approximate surface area is 160 Å². The Hall–Kier alpha value is -1.51. The van der Waals surface area contributed by atoms with Crippen molar-refractivity contribution in [2.75, 3.05) is 63.5 Å². The molecule has 2 heterocycles. The molecule has 2 aliphatic rings. The molecule has 26 heavy (non-hydrogen) atoms. The highest BCUT2D eigenvalue weighted by atomic mass is 35.5. The van der Waals surface area contributed by atoms with Crippen LogP contribution in [-0.4, -0.2) is 82.2 Å². The van der Waals surface area contributed by atoms with Crippen LogP contribution in [0.4, 0.5) is 5.69 Å². The van der Waals surface area contributed by atoms with E-state index in [2.05, 4.69) is 26.2 Å². The number of sulfonamides is 1. The van der Waals surface area contributed by atoms with Crippen LogP contribution in [0, 0.1) is 0 Å². The predicted octanol–water partition coefficient (Wildman–Crippen LogP) is 1.07. The maximum Gasteiger partial charge on any atom is 0.214 e. The highest BCUT2D eigenvalue weighted by Gasteiger charge is 2.27. The number of nitrogens with one attached hydrogen (secondary N) is 1. The van der Waals surface area contributed by atoms with Crippen molar-refractivity contribution < 1.29 is 8.42 Å². The Balaban J connectivity index is 1.48. The van der Waals surface area contributed by atoms with Gasteiger partial charge in [0.05, 0.1) is 5.75 Å². The van der Waals surface area contributed by atoms with Gasteiger partial charge in [-0.2, -0.15) is 0 Å². The van der Waals surface area contributed by atoms with Crippen molar-refractivity contribution in [3.63, 3.8) is 0 Å². The molecule has 7 nitrogen and oxygen atoms in total. The van der Waals surface area contributed by atoms with E-state index in [9.17, 15) is 8.42 Å². The molecule has 2 saturated heterocycles. The van der Waals surface area contributed by atoms with E-state index in [1.807, 2.05) is 18.2 Å². The lowest BCUT2D eigenvalue weighted by Gasteiger charge is -2.37. The second-order valence-electron chi connectivity index (χ2n) is 6.50. The van der Waals surface area contributed by atoms with E-state index in [4.69, 9.17) is 11.6 Å². The van der Waals surface area contributed by atoms with Crippen molar-refractivity contribution in [2.24, 2.45) is 4.99 Å². The number of rotatable bonds is 4. The van der Waals surface area contributed by atoms with Crippen molar-refractivity contribution in [1.82, 2.24) is 14.5 Å². The van der Waals surface area contributed by atoms with E-state index in [1.54, 1.807) is 11.4 Å². The first-order valence-corrected chi connectivity index (χ1v) is 10.9. The van der Waals surface area contributed by atoms with Gasteiger partial charge in [0.2, 0.25) is 10.0 Å². The summed E-state index contributed by atoms with van der Waals surface area (Å²) in [7, 11) is -1.27. The first-order valence-electron chi connectivity index (χ1n) is 8.93. The number of aliphatic imine (C=N–C) groups is 1. The zero-order valence-electron chi connectivity index (χ0n) is 15.1. The van der Waals surface area contributed by atoms with Crippen LogP contribution in [0.25, 0.3) is 0 Å². The van der Waals surface area contributed by atoms with Crippen LogP contribution in [0.15, 0.2) is 29.3 Å². The molecule has 144 valence electrons. The summed E-state index contributed by atoms with van der Waals surface area (Å²) in [6.07, 6.45) is 0.725. The summed E-state index contributed by atoms with van der Waals surface area (Å²) in [6, 6.07) is 7.91. The minimum Gasteiger partial charge on any atom is -0.368 e. The maximum atomic E-state index is 11.8. The fourth-order valence-corrected chi connectivity index (χ4v) is 5.13. The summed E-state index contributed by atoms with van der Waals surface area (Å²) in [5.41, 5.74) is 1.14. The molecule has 1 aromatic rings. The molecule has 0 aliphatic carbocycles. The fourth-order valence-electron chi connectivity index (χ4n) is 3.42. The largest absolute Gasteiger partial charge is 0.368 e. The lowest BCUT2D eigenvalue weighted by Crippen LogP contribution is -2.53. The highest BCUT2D eigenvalue weighted by Crippen LogP contribution is 2.20. The van der Waals surface area contributed by atoms with E-state index < -0.39 is 10.0 Å². The van der Waals surface area contributed by atoms with Gasteiger partial charge in [-0.1, -0.05) is 17.7 Å². The first kappa shape index (κ1) is 19.3. The number of benzene rings is 1. The monoisotopic (exact) mass is 399 g/mol. The van der Waals surface area contributed by atoms with Crippen molar-refractivity contribution in [1.29, 1.82) is 0 Å². The average Bonchev–Trinajstić information content (AvgIpc) is 2.97. The number of nitrogens with zero attached hydrogens (tertiary/aromatic N) is 4. The number of halogens is 1. The van der Waals surface area contributed by atoms with Crippen LogP contribution in [0.3, 0.4) is 0 Å². The van der Waals surface area contributed by atoms with E-state index in [1.165, 1.54) is 0 Å². The molecule has 9 heteroatoms. The molecule has 0 radical (unpaired) electrons. The molecule has 0 saturated carbocycles. The summed E-state index contributed by atoms with van der Waals surface area (Å²) in [5, 5.41) is 4.05. The van der Waals surface area contributed by atoms with Gasteiger partial charge in [-0.25, -0.2) is 12.7 Å². The molecule has 0 aromatic heterocycles. The van der Waals surface area contributed by atoms with Crippen LogP contribution < -0.4 is 10.2 Å². The summed E-state index contributed by atoms with van der Waals surface area (Å²) in [5.74, 6) is 1.10. The average molecular weight is 400 g/mol. The van der Waals surface area contributed by atoms with E-state index in [-0.39, 0.29) is 5.75 Å². The third-order valence-electron chi connectivity index (χ3n) is 4.81. The second kappa shape index (κ2) is 8.45. The lowest BCUT2D eigenvalue weighted by atomic mass is 10.2. The number of hydrogen-bond donors (Lipinski definition) is 1. The zero-order valence-corrected chi connectivity index (χ0v) is 16.6. The normalized spacial score (nSPS) is 21.2. The molecule has 0 spiro atoms. The minimum atomic E-state index is -3.04. The van der Waals surface area contributed by atoms with Gasteiger partial charge >= 0.3 is 0 Å². The van der Waals surface area contributed by atoms with Crippen LogP contribution in [-0.2, 0) is 10.0 Å². The van der Waals surface area contributed by atoms with Crippen LogP contribution >= 0.6 is 11.6 Å². The molecule has 0 amide bonds. The van der Waals surface area contributed by atoms with Crippen molar-refractivity contribution in [2.45, 2.75) is 6.42 Å². The minimum absolute atomic E-state index is 0.271. The molecule has 3 rings (SSSR count). The summed E-state index contributed by atoms with van der Waals surface area (Å²) in [4.78, 5) is 8.87. The van der Waals surface area contributed by atoms with Crippen molar-refractivity contribution >= 4 is 33.3 Å². The van der Waals surface area contributed by atoms with E-state index >= 15 is 0 Å². The third-order valence-corrected chi connectivity index (χ3v) is 7.00. The topological polar surface area (TPSA) is 68.2 Å². The van der Waals surface area contributed by atoms with Gasteiger partial charge in [-0.15, -0.1) is 0 Å². The second-order valence-corrected chi connectivity index (χ2v) is 9.02. The highest BCUT2D eigenvalue weighted by molar-refractivity contribution is 7.89. The quantitative estimate of drug-likeness (QED) is 0.606. The standard InChI is InChI=1S/C17H26ClN5O2S/c1-19-17(20-6-8-23-7-3-13-26(23,24)25)22-11-9-21(10-12-22)16-5-2-4-15(18)14-16/h2,4-5,14H,3,6-13H2,1H3,(H,19,20). The number of anilines is 1. The Morgan fingerprint density at radius 1 is 1.23 bits per heavy atom. The number of piperazine rings is 1. The van der Waals surface area contributed by atoms with Crippen LogP contribution in [0.2, 0.25) is 5.02 Å². The van der Waals surface area contributed by atoms with Gasteiger partial charge < -0.3 is 15.1 Å². The number of hydrogen-bond acceptors (Lipinski definition) is 4. The van der Waals surface area contributed by atoms with Gasteiger partial charge in [0.15, 0.2) is 5.96 Å². The van der Waals surface area contributed by atoms with Gasteiger partial charge in [0, 0.05) is 63.6 Å². The van der Waals surface area contributed by atoms with Gasteiger partial charge in [0.25, 0.3) is 0 Å². The summed E-state index contributed by atoms with van der Waals surface area (Å²) >= 11 is 6.08. The molecular weight excluding hydrogens is 374 g/mol. The number of guanidine groups is 1. The Bertz CT molecular complexity index is 747. The molecule has 2 fully saturated rings. The van der Waals surface area contributed by atoms with Crippen molar-refractivity contribution in [3.8, 4) is 0 Å². The zero-order chi connectivity index (χ0) is 18.6. The fraction of sp³-hybridized carbons (Fsp3) is 0.588. The smallest absolute Gasteiger partial charge is 0.214 e.